The first kappa shape index (κ1) is 26.5. The van der Waals surface area contributed by atoms with Crippen molar-refractivity contribution in [3.05, 3.63) is 120 Å². The van der Waals surface area contributed by atoms with Gasteiger partial charge in [0.1, 0.15) is 23.7 Å². The van der Waals surface area contributed by atoms with Crippen LogP contribution in [0.25, 0.3) is 33.5 Å². The second kappa shape index (κ2) is 11.4. The van der Waals surface area contributed by atoms with Crippen LogP contribution in [0.2, 0.25) is 0 Å². The molecule has 0 atom stereocenters. The predicted octanol–water partition coefficient (Wildman–Crippen LogP) is 7.49. The third-order valence-corrected chi connectivity index (χ3v) is 7.89. The minimum atomic E-state index is -0.295. The number of methoxy groups -OCH3 is 1. The highest BCUT2D eigenvalue weighted by Crippen LogP contribution is 2.33. The topological polar surface area (TPSA) is 78.9 Å². The zero-order valence-corrected chi connectivity index (χ0v) is 25.5. The van der Waals surface area contributed by atoms with Gasteiger partial charge < -0.3 is 13.9 Å². The summed E-state index contributed by atoms with van der Waals surface area (Å²) in [5, 5.41) is 5.85. The van der Waals surface area contributed by atoms with Crippen molar-refractivity contribution in [2.24, 2.45) is 5.10 Å². The van der Waals surface area contributed by atoms with Crippen molar-refractivity contribution in [1.82, 2.24) is 9.66 Å². The first-order valence-electron chi connectivity index (χ1n) is 12.3. The number of hydrogen-bond acceptors (Lipinski definition) is 6. The Morgan fingerprint density at radius 3 is 2.45 bits per heavy atom. The number of ether oxygens (including phenoxy) is 2. The summed E-state index contributed by atoms with van der Waals surface area (Å²) in [6, 6.07) is 28.6. The summed E-state index contributed by atoms with van der Waals surface area (Å²) >= 11 is 4.52. The van der Waals surface area contributed by atoms with Gasteiger partial charge in [0.05, 0.1) is 36.8 Å². The standard InChI is InChI=1S/C31H21I2N3O4/c1-38-26-12-7-13-27-22(26)16-28(40-27)30-35-25-11-6-5-10-21(25)31(37)36(30)34-17-20-14-23(32)29(24(33)15-20)39-18-19-8-3-2-4-9-19/h2-17H,18H2,1H3. The number of rotatable bonds is 7. The maximum absolute atomic E-state index is 13.6. The van der Waals surface area contributed by atoms with E-state index >= 15 is 0 Å². The number of furan rings is 1. The lowest BCUT2D eigenvalue weighted by molar-refractivity contribution is 0.302. The molecule has 0 aliphatic heterocycles. The Balaban J connectivity index is 1.40. The number of nitrogens with zero attached hydrogens (tertiary/aromatic N) is 3. The molecule has 4 aromatic carbocycles. The van der Waals surface area contributed by atoms with E-state index in [1.807, 2.05) is 78.9 Å². The van der Waals surface area contributed by atoms with Crippen LogP contribution < -0.4 is 15.0 Å². The smallest absolute Gasteiger partial charge is 0.282 e. The van der Waals surface area contributed by atoms with Gasteiger partial charge in [0.2, 0.25) is 5.82 Å². The molecule has 0 saturated carbocycles. The number of para-hydroxylation sites is 1. The molecule has 198 valence electrons. The Bertz CT molecular complexity index is 1930. The average Bonchev–Trinajstić information content (AvgIpc) is 3.41. The summed E-state index contributed by atoms with van der Waals surface area (Å²) < 4.78 is 20.9. The van der Waals surface area contributed by atoms with E-state index in [1.165, 1.54) is 4.68 Å². The quantitative estimate of drug-likeness (QED) is 0.125. The molecular weight excluding hydrogens is 732 g/mol. The molecule has 40 heavy (non-hydrogen) atoms. The van der Waals surface area contributed by atoms with E-state index in [9.17, 15) is 4.79 Å². The number of hydrogen-bond donors (Lipinski definition) is 0. The van der Waals surface area contributed by atoms with Crippen molar-refractivity contribution in [3.8, 4) is 23.1 Å². The third kappa shape index (κ3) is 5.22. The molecule has 2 heterocycles. The van der Waals surface area contributed by atoms with Crippen LogP contribution in [0.15, 0.2) is 105 Å². The Morgan fingerprint density at radius 2 is 1.68 bits per heavy atom. The van der Waals surface area contributed by atoms with Gasteiger partial charge in [0.25, 0.3) is 5.56 Å². The Morgan fingerprint density at radius 1 is 0.925 bits per heavy atom. The van der Waals surface area contributed by atoms with E-state index in [2.05, 4.69) is 50.3 Å². The molecule has 0 saturated heterocycles. The van der Waals surface area contributed by atoms with Gasteiger partial charge in [-0.2, -0.15) is 9.78 Å². The summed E-state index contributed by atoms with van der Waals surface area (Å²) in [7, 11) is 1.61. The van der Waals surface area contributed by atoms with Gasteiger partial charge in [-0.3, -0.25) is 4.79 Å². The van der Waals surface area contributed by atoms with Gasteiger partial charge in [-0.05, 0) is 98.8 Å². The molecule has 2 aromatic heterocycles. The second-order valence-corrected chi connectivity index (χ2v) is 11.2. The molecule has 0 N–H and O–H groups in total. The van der Waals surface area contributed by atoms with Crippen molar-refractivity contribution < 1.29 is 13.9 Å². The average molecular weight is 753 g/mol. The fourth-order valence-electron chi connectivity index (χ4n) is 4.36. The van der Waals surface area contributed by atoms with Crippen molar-refractivity contribution in [3.63, 3.8) is 0 Å². The van der Waals surface area contributed by atoms with Gasteiger partial charge in [0.15, 0.2) is 5.76 Å². The highest BCUT2D eigenvalue weighted by molar-refractivity contribution is 14.1. The third-order valence-electron chi connectivity index (χ3n) is 6.28. The van der Waals surface area contributed by atoms with Crippen LogP contribution in [0.1, 0.15) is 11.1 Å². The van der Waals surface area contributed by atoms with Crippen LogP contribution in [-0.4, -0.2) is 23.0 Å². The van der Waals surface area contributed by atoms with Gasteiger partial charge in [0, 0.05) is 0 Å². The lowest BCUT2D eigenvalue weighted by atomic mass is 10.2. The van der Waals surface area contributed by atoms with Crippen LogP contribution in [-0.2, 0) is 6.61 Å². The van der Waals surface area contributed by atoms with Crippen molar-refractivity contribution >= 4 is 73.3 Å². The van der Waals surface area contributed by atoms with Crippen molar-refractivity contribution in [2.75, 3.05) is 7.11 Å². The molecule has 6 aromatic rings. The Labute approximate surface area is 256 Å². The lowest BCUT2D eigenvalue weighted by Crippen LogP contribution is -2.20. The minimum Gasteiger partial charge on any atom is -0.496 e. The monoisotopic (exact) mass is 753 g/mol. The van der Waals surface area contributed by atoms with Crippen LogP contribution in [0, 0.1) is 7.14 Å². The van der Waals surface area contributed by atoms with E-state index in [1.54, 1.807) is 25.5 Å². The molecule has 0 aliphatic carbocycles. The molecule has 0 fully saturated rings. The van der Waals surface area contributed by atoms with E-state index in [-0.39, 0.29) is 5.56 Å². The van der Waals surface area contributed by atoms with Crippen molar-refractivity contribution in [1.29, 1.82) is 0 Å². The van der Waals surface area contributed by atoms with E-state index < -0.39 is 0 Å². The van der Waals surface area contributed by atoms with E-state index in [4.69, 9.17) is 18.9 Å². The number of benzene rings is 4. The fourth-order valence-corrected chi connectivity index (χ4v) is 6.49. The van der Waals surface area contributed by atoms with E-state index in [0.717, 1.165) is 29.4 Å². The largest absolute Gasteiger partial charge is 0.496 e. The normalized spacial score (nSPS) is 11.5. The van der Waals surface area contributed by atoms with Crippen LogP contribution >= 0.6 is 45.2 Å². The summed E-state index contributed by atoms with van der Waals surface area (Å²) in [5.74, 6) is 2.19. The number of halogens is 2. The van der Waals surface area contributed by atoms with Crippen LogP contribution in [0.5, 0.6) is 11.5 Å². The zero-order valence-electron chi connectivity index (χ0n) is 21.2. The molecule has 0 spiro atoms. The Hall–Kier alpha value is -3.71. The van der Waals surface area contributed by atoms with E-state index in [0.29, 0.717) is 40.4 Å². The molecular formula is C31H21I2N3O4. The molecule has 0 aliphatic rings. The first-order chi connectivity index (χ1) is 19.5. The molecule has 0 unspecified atom stereocenters. The molecule has 6 rings (SSSR count). The predicted molar refractivity (Wildman–Crippen MR) is 173 cm³/mol. The fraction of sp³-hybridized carbons (Fsp3) is 0.0645. The summed E-state index contributed by atoms with van der Waals surface area (Å²) in [4.78, 5) is 18.4. The van der Waals surface area contributed by atoms with Gasteiger partial charge >= 0.3 is 0 Å². The Kier molecular flexibility index (Phi) is 7.57. The molecule has 9 heteroatoms. The lowest BCUT2D eigenvalue weighted by Gasteiger charge is -2.11. The maximum atomic E-state index is 13.6. The minimum absolute atomic E-state index is 0.295. The van der Waals surface area contributed by atoms with Crippen LogP contribution in [0.4, 0.5) is 0 Å². The van der Waals surface area contributed by atoms with Crippen LogP contribution in [0.3, 0.4) is 0 Å². The number of fused-ring (bicyclic) bond motifs is 2. The number of aromatic nitrogens is 2. The summed E-state index contributed by atoms with van der Waals surface area (Å²) in [5.41, 5.74) is 2.81. The summed E-state index contributed by atoms with van der Waals surface area (Å²) in [6.07, 6.45) is 1.65. The summed E-state index contributed by atoms with van der Waals surface area (Å²) in [6.45, 7) is 0.476. The van der Waals surface area contributed by atoms with Gasteiger partial charge in [-0.15, -0.1) is 0 Å². The molecule has 7 nitrogen and oxygen atoms in total. The van der Waals surface area contributed by atoms with Crippen molar-refractivity contribution in [2.45, 2.75) is 6.61 Å². The molecule has 0 amide bonds. The molecule has 0 bridgehead atoms. The van der Waals surface area contributed by atoms with Gasteiger partial charge in [-0.1, -0.05) is 48.5 Å². The highest BCUT2D eigenvalue weighted by atomic mass is 127. The maximum Gasteiger partial charge on any atom is 0.282 e. The van der Waals surface area contributed by atoms with Gasteiger partial charge in [-0.25, -0.2) is 4.98 Å². The first-order valence-corrected chi connectivity index (χ1v) is 14.5. The zero-order chi connectivity index (χ0) is 27.6. The highest BCUT2D eigenvalue weighted by Gasteiger charge is 2.18. The second-order valence-electron chi connectivity index (χ2n) is 8.88. The molecule has 0 radical (unpaired) electrons. The SMILES string of the molecule is COc1cccc2oc(-c3nc4ccccc4c(=O)n3N=Cc3cc(I)c(OCc4ccccc4)c(I)c3)cc12.